The molecule has 0 aromatic carbocycles. The van der Waals surface area contributed by atoms with Gasteiger partial charge >= 0.3 is 0 Å². The van der Waals surface area contributed by atoms with Gasteiger partial charge in [0.25, 0.3) is 0 Å². The second-order valence-corrected chi connectivity index (χ2v) is 4.37. The van der Waals surface area contributed by atoms with E-state index >= 15 is 0 Å². The van der Waals surface area contributed by atoms with Crippen molar-refractivity contribution in [3.05, 3.63) is 40.6 Å². The summed E-state index contributed by atoms with van der Waals surface area (Å²) >= 11 is 6.25. The molecule has 0 aliphatic heterocycles. The number of rotatable bonds is 5. The Labute approximate surface area is 111 Å². The number of halogens is 1. The molecule has 0 atom stereocenters. The van der Waals surface area contributed by atoms with Crippen molar-refractivity contribution < 1.29 is 9.21 Å². The van der Waals surface area contributed by atoms with Crippen molar-refractivity contribution in [1.29, 1.82) is 0 Å². The van der Waals surface area contributed by atoms with E-state index in [4.69, 9.17) is 16.0 Å². The lowest BCUT2D eigenvalue weighted by atomic mass is 10.1. The quantitative estimate of drug-likeness (QED) is 0.781. The molecule has 0 saturated heterocycles. The summed E-state index contributed by atoms with van der Waals surface area (Å²) in [4.78, 5) is 12.0. The first-order valence-electron chi connectivity index (χ1n) is 5.96. The molecular weight excluding hydrogens is 252 g/mol. The zero-order chi connectivity index (χ0) is 13.1. The predicted molar refractivity (Wildman–Crippen MR) is 69.0 cm³/mol. The summed E-state index contributed by atoms with van der Waals surface area (Å²) in [7, 11) is 0. The number of hydrogen-bond donors (Lipinski definition) is 0. The van der Waals surface area contributed by atoms with Crippen molar-refractivity contribution in [1.82, 2.24) is 9.78 Å². The Morgan fingerprint density at radius 3 is 2.83 bits per heavy atom. The molecule has 0 N–H and O–H groups in total. The number of furan rings is 1. The highest BCUT2D eigenvalue weighted by Gasteiger charge is 2.18. The molecule has 0 bridgehead atoms. The minimum Gasteiger partial charge on any atom is -0.472 e. The van der Waals surface area contributed by atoms with Crippen molar-refractivity contribution in [2.24, 2.45) is 0 Å². The van der Waals surface area contributed by atoms with E-state index in [9.17, 15) is 4.79 Å². The minimum absolute atomic E-state index is 0.0112. The second-order valence-electron chi connectivity index (χ2n) is 3.99. The molecule has 0 unspecified atom stereocenters. The molecule has 5 heteroatoms. The average Bonchev–Trinajstić information content (AvgIpc) is 2.99. The van der Waals surface area contributed by atoms with E-state index in [1.54, 1.807) is 10.7 Å². The summed E-state index contributed by atoms with van der Waals surface area (Å²) < 4.78 is 6.70. The Bertz CT molecular complexity index is 544. The molecule has 2 rings (SSSR count). The molecule has 0 aliphatic rings. The number of ketones is 1. The van der Waals surface area contributed by atoms with Gasteiger partial charge in [0, 0.05) is 6.54 Å². The van der Waals surface area contributed by atoms with Gasteiger partial charge in [-0.1, -0.05) is 18.5 Å². The van der Waals surface area contributed by atoms with Crippen LogP contribution in [0.3, 0.4) is 0 Å². The van der Waals surface area contributed by atoms with Crippen molar-refractivity contribution in [3.8, 4) is 0 Å². The number of carbonyl (C=O) groups excluding carboxylic acids is 1. The normalized spacial score (nSPS) is 10.8. The average molecular weight is 267 g/mol. The molecule has 2 aromatic rings. The third kappa shape index (κ3) is 2.34. The molecular formula is C13H15ClN2O2. The summed E-state index contributed by atoms with van der Waals surface area (Å²) in [6.07, 6.45) is 3.95. The summed E-state index contributed by atoms with van der Waals surface area (Å²) in [5, 5.41) is 5.00. The maximum absolute atomic E-state index is 12.0. The molecule has 0 fully saturated rings. The Hall–Kier alpha value is -1.55. The Morgan fingerprint density at radius 2 is 2.28 bits per heavy atom. The molecule has 2 aromatic heterocycles. The Morgan fingerprint density at radius 1 is 1.50 bits per heavy atom. The molecule has 0 aliphatic carbocycles. The Kier molecular flexibility index (Phi) is 3.87. The fourth-order valence-electron chi connectivity index (χ4n) is 1.86. The lowest BCUT2D eigenvalue weighted by Crippen LogP contribution is -2.09. The van der Waals surface area contributed by atoms with E-state index in [-0.39, 0.29) is 12.2 Å². The number of Topliss-reactive ketones (excluding diaryl/α,β-unsaturated/α-hetero) is 1. The number of aryl methyl sites for hydroxylation is 2. The molecule has 0 radical (unpaired) electrons. The number of hydrogen-bond acceptors (Lipinski definition) is 3. The molecule has 4 nitrogen and oxygen atoms in total. The number of aromatic nitrogens is 2. The summed E-state index contributed by atoms with van der Waals surface area (Å²) in [5.41, 5.74) is 2.18. The van der Waals surface area contributed by atoms with Crippen molar-refractivity contribution in [3.63, 3.8) is 0 Å². The highest BCUT2D eigenvalue weighted by molar-refractivity contribution is 6.32. The van der Waals surface area contributed by atoms with Crippen molar-refractivity contribution >= 4 is 17.4 Å². The largest absolute Gasteiger partial charge is 0.472 e. The molecule has 0 saturated carbocycles. The summed E-state index contributed by atoms with van der Waals surface area (Å²) in [5.74, 6) is -0.0112. The van der Waals surface area contributed by atoms with Crippen LogP contribution >= 0.6 is 11.6 Å². The van der Waals surface area contributed by atoms with Gasteiger partial charge < -0.3 is 4.42 Å². The topological polar surface area (TPSA) is 48.0 Å². The highest BCUT2D eigenvalue weighted by atomic mass is 35.5. The third-order valence-corrected chi connectivity index (χ3v) is 3.30. The zero-order valence-electron chi connectivity index (χ0n) is 10.4. The first-order valence-corrected chi connectivity index (χ1v) is 6.34. The van der Waals surface area contributed by atoms with E-state index in [1.807, 2.05) is 13.8 Å². The number of carbonyl (C=O) groups is 1. The summed E-state index contributed by atoms with van der Waals surface area (Å²) in [6, 6.07) is 1.66. The van der Waals surface area contributed by atoms with E-state index in [0.29, 0.717) is 17.1 Å². The molecule has 2 heterocycles. The molecule has 18 heavy (non-hydrogen) atoms. The van der Waals surface area contributed by atoms with Gasteiger partial charge in [-0.25, -0.2) is 0 Å². The van der Waals surface area contributed by atoms with Crippen LogP contribution in [0.15, 0.2) is 23.0 Å². The molecule has 0 spiro atoms. The van der Waals surface area contributed by atoms with E-state index < -0.39 is 0 Å². The van der Waals surface area contributed by atoms with Gasteiger partial charge in [-0.15, -0.1) is 0 Å². The van der Waals surface area contributed by atoms with Gasteiger partial charge in [0.15, 0.2) is 5.78 Å². The Balaban J connectivity index is 2.28. The van der Waals surface area contributed by atoms with Crippen LogP contribution in [0.1, 0.15) is 35.6 Å². The maximum atomic E-state index is 12.0. The van der Waals surface area contributed by atoms with Crippen LogP contribution < -0.4 is 0 Å². The maximum Gasteiger partial charge on any atom is 0.172 e. The fourth-order valence-corrected chi connectivity index (χ4v) is 2.20. The van der Waals surface area contributed by atoms with E-state index in [1.165, 1.54) is 12.5 Å². The first kappa shape index (κ1) is 12.9. The van der Waals surface area contributed by atoms with Crippen LogP contribution in [0.2, 0.25) is 5.02 Å². The van der Waals surface area contributed by atoms with Crippen LogP contribution in [0, 0.1) is 0 Å². The molecule has 96 valence electrons. The minimum atomic E-state index is -0.0112. The van der Waals surface area contributed by atoms with Crippen LogP contribution in [0.25, 0.3) is 0 Å². The van der Waals surface area contributed by atoms with Gasteiger partial charge in [0.05, 0.1) is 34.7 Å². The number of nitrogens with zero attached hydrogens (tertiary/aromatic N) is 2. The summed E-state index contributed by atoms with van der Waals surface area (Å²) in [6.45, 7) is 4.68. The van der Waals surface area contributed by atoms with Crippen molar-refractivity contribution in [2.45, 2.75) is 33.2 Å². The SMILES string of the molecule is CCc1nn(CC)c(CC(=O)c2ccoc2)c1Cl. The fraction of sp³-hybridized carbons (Fsp3) is 0.385. The van der Waals surface area contributed by atoms with Crippen LogP contribution in [0.4, 0.5) is 0 Å². The lowest BCUT2D eigenvalue weighted by Gasteiger charge is -2.03. The smallest absolute Gasteiger partial charge is 0.172 e. The van der Waals surface area contributed by atoms with Crippen LogP contribution in [-0.4, -0.2) is 15.6 Å². The van der Waals surface area contributed by atoms with Gasteiger partial charge in [0.2, 0.25) is 0 Å². The second kappa shape index (κ2) is 5.40. The monoisotopic (exact) mass is 266 g/mol. The van der Waals surface area contributed by atoms with Gasteiger partial charge in [-0.3, -0.25) is 9.48 Å². The highest BCUT2D eigenvalue weighted by Crippen LogP contribution is 2.23. The van der Waals surface area contributed by atoms with E-state index in [0.717, 1.165) is 17.8 Å². The molecule has 0 amide bonds. The van der Waals surface area contributed by atoms with Gasteiger partial charge in [0.1, 0.15) is 6.26 Å². The van der Waals surface area contributed by atoms with Crippen molar-refractivity contribution in [2.75, 3.05) is 0 Å². The standard InChI is InChI=1S/C13H15ClN2O2/c1-3-10-13(14)11(16(4-2)15-10)7-12(17)9-5-6-18-8-9/h5-6,8H,3-4,7H2,1-2H3. The zero-order valence-corrected chi connectivity index (χ0v) is 11.2. The lowest BCUT2D eigenvalue weighted by molar-refractivity contribution is 0.0990. The first-order chi connectivity index (χ1) is 8.67. The predicted octanol–water partition coefficient (Wildman–Crippen LogP) is 3.14. The van der Waals surface area contributed by atoms with Crippen LogP contribution in [-0.2, 0) is 19.4 Å². The van der Waals surface area contributed by atoms with E-state index in [2.05, 4.69) is 5.10 Å². The van der Waals surface area contributed by atoms with Gasteiger partial charge in [-0.05, 0) is 19.4 Å². The van der Waals surface area contributed by atoms with Crippen LogP contribution in [0.5, 0.6) is 0 Å². The van der Waals surface area contributed by atoms with Gasteiger partial charge in [-0.2, -0.15) is 5.10 Å². The third-order valence-electron chi connectivity index (χ3n) is 2.87.